The van der Waals surface area contributed by atoms with Crippen molar-refractivity contribution >= 4 is 0 Å². The number of rotatable bonds is 4. The summed E-state index contributed by atoms with van der Waals surface area (Å²) in [5.41, 5.74) is 10.0. The molecule has 3 heteroatoms. The summed E-state index contributed by atoms with van der Waals surface area (Å²) in [6.45, 7) is 0.848. The van der Waals surface area contributed by atoms with Gasteiger partial charge in [0.1, 0.15) is 0 Å². The predicted octanol–water partition coefficient (Wildman–Crippen LogP) is 1.63. The summed E-state index contributed by atoms with van der Waals surface area (Å²) in [6, 6.07) is 0.354. The third-order valence-electron chi connectivity index (χ3n) is 6.89. The minimum absolute atomic E-state index is 0.354. The van der Waals surface area contributed by atoms with E-state index in [4.69, 9.17) is 5.73 Å². The summed E-state index contributed by atoms with van der Waals surface area (Å²) in [4.78, 5) is 0. The molecule has 0 aromatic carbocycles. The van der Waals surface area contributed by atoms with Gasteiger partial charge in [0.15, 0.2) is 0 Å². The average molecular weight is 276 g/mol. The van der Waals surface area contributed by atoms with Crippen molar-refractivity contribution in [2.75, 3.05) is 13.6 Å². The van der Waals surface area contributed by atoms with E-state index in [2.05, 4.69) is 0 Å². The summed E-state index contributed by atoms with van der Waals surface area (Å²) < 4.78 is 0. The average Bonchev–Trinajstić information content (AvgIpc) is 3.05. The standard InChI is InChI=1S/C17H28N2O/c1-19(20)12-5-3-2-4-11(8-12)13-9-14-15-10-17(15,6-7-18)16(13)14/h11-13,15,19H,2-10,18H2,1H3. The summed E-state index contributed by atoms with van der Waals surface area (Å²) >= 11 is 0. The molecule has 3 nitrogen and oxygen atoms in total. The molecule has 4 rings (SSSR count). The molecule has 112 valence electrons. The maximum absolute atomic E-state index is 11.8. The highest BCUT2D eigenvalue weighted by molar-refractivity contribution is 5.56. The third-order valence-corrected chi connectivity index (χ3v) is 6.89. The highest BCUT2D eigenvalue weighted by Gasteiger charge is 2.71. The first-order chi connectivity index (χ1) is 9.67. The van der Waals surface area contributed by atoms with Crippen molar-refractivity contribution in [3.05, 3.63) is 16.4 Å². The van der Waals surface area contributed by atoms with E-state index in [9.17, 15) is 5.21 Å². The molecule has 6 atom stereocenters. The molecule has 0 bridgehead atoms. The molecule has 2 fully saturated rings. The molecule has 0 aromatic heterocycles. The van der Waals surface area contributed by atoms with Crippen molar-refractivity contribution in [2.24, 2.45) is 28.9 Å². The van der Waals surface area contributed by atoms with E-state index in [1.807, 2.05) is 11.1 Å². The number of hydrogen-bond acceptors (Lipinski definition) is 2. The molecular formula is C17H28N2O. The van der Waals surface area contributed by atoms with E-state index in [0.29, 0.717) is 16.5 Å². The van der Waals surface area contributed by atoms with Gasteiger partial charge < -0.3 is 16.0 Å². The first kappa shape index (κ1) is 13.3. The van der Waals surface area contributed by atoms with E-state index < -0.39 is 0 Å². The number of hydrogen-bond donors (Lipinski definition) is 2. The number of nitrogens with one attached hydrogen (secondary N) is 1. The van der Waals surface area contributed by atoms with Crippen LogP contribution in [0.25, 0.3) is 0 Å². The van der Waals surface area contributed by atoms with Crippen LogP contribution in [-0.4, -0.2) is 19.6 Å². The lowest BCUT2D eigenvalue weighted by Gasteiger charge is -2.51. The first-order valence-electron chi connectivity index (χ1n) is 8.61. The Hall–Kier alpha value is -0.380. The van der Waals surface area contributed by atoms with Crippen molar-refractivity contribution in [3.8, 4) is 0 Å². The van der Waals surface area contributed by atoms with Crippen molar-refractivity contribution in [2.45, 2.75) is 57.4 Å². The van der Waals surface area contributed by atoms with Crippen molar-refractivity contribution in [1.29, 1.82) is 0 Å². The maximum atomic E-state index is 11.8. The Kier molecular flexibility index (Phi) is 3.03. The fraction of sp³-hybridized carbons (Fsp3) is 0.882. The zero-order valence-corrected chi connectivity index (χ0v) is 12.7. The van der Waals surface area contributed by atoms with E-state index in [-0.39, 0.29) is 0 Å². The normalized spacial score (nSPS) is 47.5. The smallest absolute Gasteiger partial charge is 0.0872 e. The monoisotopic (exact) mass is 276 g/mol. The topological polar surface area (TPSA) is 53.5 Å². The summed E-state index contributed by atoms with van der Waals surface area (Å²) in [5.74, 6) is 2.56. The van der Waals surface area contributed by atoms with Crippen LogP contribution in [0.3, 0.4) is 0 Å². The van der Waals surface area contributed by atoms with E-state index >= 15 is 0 Å². The molecule has 3 N–H and O–H groups in total. The fourth-order valence-corrected chi connectivity index (χ4v) is 5.76. The Bertz CT molecular complexity index is 444. The van der Waals surface area contributed by atoms with Crippen LogP contribution in [0, 0.1) is 28.4 Å². The fourth-order valence-electron chi connectivity index (χ4n) is 5.76. The Morgan fingerprint density at radius 2 is 2.15 bits per heavy atom. The maximum Gasteiger partial charge on any atom is 0.0872 e. The lowest BCUT2D eigenvalue weighted by atomic mass is 9.54. The molecule has 4 aliphatic carbocycles. The van der Waals surface area contributed by atoms with Gasteiger partial charge in [-0.15, -0.1) is 0 Å². The van der Waals surface area contributed by atoms with Crippen LogP contribution in [0.4, 0.5) is 0 Å². The molecule has 2 saturated carbocycles. The SMILES string of the molecule is C[NH+]([O-])C1CCCCC(C2CC3=C2C2(CCN)CC32)C1. The largest absolute Gasteiger partial charge is 0.634 e. The van der Waals surface area contributed by atoms with Gasteiger partial charge in [0.2, 0.25) is 0 Å². The van der Waals surface area contributed by atoms with Gasteiger partial charge in [-0.1, -0.05) is 17.6 Å². The summed E-state index contributed by atoms with van der Waals surface area (Å²) in [6.07, 6.45) is 10.2. The number of hydroxylamine groups is 2. The lowest BCUT2D eigenvalue weighted by molar-refractivity contribution is -0.855. The summed E-state index contributed by atoms with van der Waals surface area (Å²) in [5, 5.41) is 12.2. The van der Waals surface area contributed by atoms with Gasteiger partial charge in [-0.25, -0.2) is 0 Å². The number of nitrogens with two attached hydrogens (primary N) is 1. The minimum Gasteiger partial charge on any atom is -0.634 e. The quantitative estimate of drug-likeness (QED) is 0.466. The Morgan fingerprint density at radius 3 is 2.90 bits per heavy atom. The van der Waals surface area contributed by atoms with Crippen LogP contribution in [0.15, 0.2) is 11.1 Å². The molecule has 0 aromatic rings. The van der Waals surface area contributed by atoms with Gasteiger partial charge >= 0.3 is 0 Å². The van der Waals surface area contributed by atoms with Gasteiger partial charge in [-0.05, 0) is 62.8 Å². The van der Waals surface area contributed by atoms with Crippen LogP contribution in [-0.2, 0) is 0 Å². The molecule has 20 heavy (non-hydrogen) atoms. The molecule has 0 heterocycles. The Labute approximate surface area is 122 Å². The number of allylic oxidation sites excluding steroid dienone is 2. The van der Waals surface area contributed by atoms with Gasteiger partial charge in [-0.2, -0.15) is 0 Å². The predicted molar refractivity (Wildman–Crippen MR) is 80.0 cm³/mol. The van der Waals surface area contributed by atoms with Crippen LogP contribution in [0.1, 0.15) is 51.4 Å². The van der Waals surface area contributed by atoms with Crippen LogP contribution >= 0.6 is 0 Å². The van der Waals surface area contributed by atoms with Crippen LogP contribution in [0.2, 0.25) is 0 Å². The molecule has 0 aliphatic heterocycles. The van der Waals surface area contributed by atoms with Gasteiger partial charge in [0.05, 0.1) is 13.1 Å². The molecule has 0 saturated heterocycles. The first-order valence-corrected chi connectivity index (χ1v) is 8.61. The molecular weight excluding hydrogens is 248 g/mol. The highest BCUT2D eigenvalue weighted by atomic mass is 16.5. The highest BCUT2D eigenvalue weighted by Crippen LogP contribution is 2.80. The molecule has 6 unspecified atom stereocenters. The van der Waals surface area contributed by atoms with Crippen molar-refractivity contribution in [1.82, 2.24) is 0 Å². The lowest BCUT2D eigenvalue weighted by Crippen LogP contribution is -3.08. The Balaban J connectivity index is 1.47. The number of fused-ring (bicyclic) bond motifs is 3. The van der Waals surface area contributed by atoms with Gasteiger partial charge in [0, 0.05) is 11.8 Å². The number of quaternary nitrogens is 1. The van der Waals surface area contributed by atoms with Crippen LogP contribution in [0.5, 0.6) is 0 Å². The van der Waals surface area contributed by atoms with Gasteiger partial charge in [0.25, 0.3) is 0 Å². The van der Waals surface area contributed by atoms with E-state index in [1.165, 1.54) is 44.9 Å². The Morgan fingerprint density at radius 1 is 1.35 bits per heavy atom. The zero-order valence-electron chi connectivity index (χ0n) is 12.7. The van der Waals surface area contributed by atoms with Crippen molar-refractivity contribution in [3.63, 3.8) is 0 Å². The van der Waals surface area contributed by atoms with Gasteiger partial charge in [-0.3, -0.25) is 0 Å². The second-order valence-electron chi connectivity index (χ2n) is 7.79. The molecule has 0 amide bonds. The minimum atomic E-state index is 0.354. The molecule has 0 spiro atoms. The van der Waals surface area contributed by atoms with E-state index in [1.54, 1.807) is 7.05 Å². The second-order valence-corrected chi connectivity index (χ2v) is 7.79. The molecule has 0 radical (unpaired) electrons. The molecule has 4 aliphatic rings. The summed E-state index contributed by atoms with van der Waals surface area (Å²) in [7, 11) is 1.80. The zero-order chi connectivity index (χ0) is 13.9. The van der Waals surface area contributed by atoms with Crippen LogP contribution < -0.4 is 10.8 Å². The van der Waals surface area contributed by atoms with Crippen molar-refractivity contribution < 1.29 is 5.06 Å². The second kappa shape index (κ2) is 4.56. The van der Waals surface area contributed by atoms with E-state index in [0.717, 1.165) is 30.7 Å². The third kappa shape index (κ3) is 1.69.